The van der Waals surface area contributed by atoms with Gasteiger partial charge in [0.25, 0.3) is 0 Å². The minimum Gasteiger partial charge on any atom is -0.316 e. The highest BCUT2D eigenvalue weighted by molar-refractivity contribution is 6.05. The predicted molar refractivity (Wildman–Crippen MR) is 106 cm³/mol. The number of fused-ring (bicyclic) bond motifs is 2. The van der Waals surface area contributed by atoms with Crippen molar-refractivity contribution in [3.8, 4) is 16.8 Å². The molecule has 0 amide bonds. The third-order valence-corrected chi connectivity index (χ3v) is 4.83. The van der Waals surface area contributed by atoms with Crippen molar-refractivity contribution in [2.75, 3.05) is 0 Å². The molecule has 4 aromatic carbocycles. The molecule has 5 aromatic rings. The maximum absolute atomic E-state index is 2.28. The van der Waals surface area contributed by atoms with Crippen LogP contribution >= 0.6 is 0 Å². The molecule has 1 aromatic heterocycles. The third kappa shape index (κ3) is 2.25. The lowest BCUT2D eigenvalue weighted by Crippen LogP contribution is -1.90. The Morgan fingerprint density at radius 1 is 0.480 bits per heavy atom. The summed E-state index contributed by atoms with van der Waals surface area (Å²) >= 11 is 0. The molecule has 0 N–H and O–H groups in total. The number of rotatable bonds is 2. The molecule has 1 heteroatoms. The highest BCUT2D eigenvalue weighted by Crippen LogP contribution is 2.36. The summed E-state index contributed by atoms with van der Waals surface area (Å²) in [5.41, 5.74) is 4.97. The van der Waals surface area contributed by atoms with Gasteiger partial charge in [-0.1, -0.05) is 78.9 Å². The van der Waals surface area contributed by atoms with Crippen molar-refractivity contribution in [1.29, 1.82) is 0 Å². The Hall–Kier alpha value is -3.32. The molecule has 0 bridgehead atoms. The van der Waals surface area contributed by atoms with Gasteiger partial charge in [-0.3, -0.25) is 0 Å². The lowest BCUT2D eigenvalue weighted by molar-refractivity contribution is 1.13. The molecule has 0 atom stereocenters. The van der Waals surface area contributed by atoms with Crippen LogP contribution in [0.25, 0.3) is 38.5 Å². The van der Waals surface area contributed by atoms with E-state index in [2.05, 4.69) is 108 Å². The van der Waals surface area contributed by atoms with Crippen LogP contribution in [0, 0.1) is 0 Å². The summed E-state index contributed by atoms with van der Waals surface area (Å²) in [6, 6.07) is 34.3. The fourth-order valence-electron chi connectivity index (χ4n) is 3.66. The molecule has 0 aliphatic carbocycles. The normalized spacial score (nSPS) is 11.2. The third-order valence-electron chi connectivity index (χ3n) is 4.83. The molecule has 0 spiro atoms. The fraction of sp³-hybridized carbons (Fsp3) is 0. The van der Waals surface area contributed by atoms with Crippen LogP contribution < -0.4 is 0 Å². The first-order chi connectivity index (χ1) is 12.4. The van der Waals surface area contributed by atoms with Gasteiger partial charge >= 0.3 is 0 Å². The molecule has 0 fully saturated rings. The summed E-state index contributed by atoms with van der Waals surface area (Å²) in [5, 5.41) is 3.85. The zero-order chi connectivity index (χ0) is 16.6. The zero-order valence-corrected chi connectivity index (χ0v) is 13.8. The second kappa shape index (κ2) is 5.64. The Labute approximate surface area is 146 Å². The molecule has 0 saturated heterocycles. The molecule has 0 aliphatic rings. The van der Waals surface area contributed by atoms with Crippen LogP contribution in [-0.2, 0) is 0 Å². The van der Waals surface area contributed by atoms with Crippen molar-refractivity contribution in [3.05, 3.63) is 103 Å². The van der Waals surface area contributed by atoms with Crippen molar-refractivity contribution in [2.24, 2.45) is 0 Å². The Bertz CT molecular complexity index is 1180. The molecule has 5 rings (SSSR count). The van der Waals surface area contributed by atoms with E-state index in [0.29, 0.717) is 0 Å². The number of para-hydroxylation sites is 2. The molecule has 0 unspecified atom stereocenters. The lowest BCUT2D eigenvalue weighted by atomic mass is 9.98. The summed E-state index contributed by atoms with van der Waals surface area (Å²) in [6.07, 6.45) is 2.27. The number of hydrogen-bond acceptors (Lipinski definition) is 0. The molecule has 25 heavy (non-hydrogen) atoms. The molecule has 0 aliphatic heterocycles. The van der Waals surface area contributed by atoms with Gasteiger partial charge in [-0.05, 0) is 34.5 Å². The summed E-state index contributed by atoms with van der Waals surface area (Å²) in [7, 11) is 0. The Balaban J connectivity index is 1.86. The number of nitrogens with zero attached hydrogens (tertiary/aromatic N) is 1. The van der Waals surface area contributed by atoms with Crippen LogP contribution in [0.4, 0.5) is 0 Å². The second-order valence-electron chi connectivity index (χ2n) is 6.29. The van der Waals surface area contributed by atoms with Crippen LogP contribution in [0.3, 0.4) is 0 Å². The summed E-state index contributed by atoms with van der Waals surface area (Å²) in [6.45, 7) is 0. The van der Waals surface area contributed by atoms with Crippen molar-refractivity contribution in [2.45, 2.75) is 0 Å². The average molecular weight is 319 g/mol. The summed E-state index contributed by atoms with van der Waals surface area (Å²) in [4.78, 5) is 0. The van der Waals surface area contributed by atoms with Crippen LogP contribution in [0.5, 0.6) is 0 Å². The van der Waals surface area contributed by atoms with Gasteiger partial charge in [0.05, 0.1) is 5.52 Å². The van der Waals surface area contributed by atoms with Gasteiger partial charge in [-0.2, -0.15) is 0 Å². The molecular formula is C24H17N. The van der Waals surface area contributed by atoms with Gasteiger partial charge in [-0.25, -0.2) is 0 Å². The van der Waals surface area contributed by atoms with Crippen molar-refractivity contribution < 1.29 is 0 Å². The molecular weight excluding hydrogens is 302 g/mol. The SMILES string of the molecule is c1ccc(-n2cc(-c3cccc4ccccc34)c3ccccc32)cc1. The summed E-state index contributed by atoms with van der Waals surface area (Å²) < 4.78 is 2.28. The molecule has 1 nitrogen and oxygen atoms in total. The Morgan fingerprint density at radius 2 is 1.16 bits per heavy atom. The van der Waals surface area contributed by atoms with Crippen LogP contribution in [-0.4, -0.2) is 4.57 Å². The fourth-order valence-corrected chi connectivity index (χ4v) is 3.66. The van der Waals surface area contributed by atoms with Crippen molar-refractivity contribution >= 4 is 21.7 Å². The van der Waals surface area contributed by atoms with E-state index in [-0.39, 0.29) is 0 Å². The van der Waals surface area contributed by atoms with E-state index in [1.807, 2.05) is 0 Å². The Morgan fingerprint density at radius 3 is 2.04 bits per heavy atom. The minimum atomic E-state index is 1.19. The maximum Gasteiger partial charge on any atom is 0.0534 e. The summed E-state index contributed by atoms with van der Waals surface area (Å²) in [5.74, 6) is 0. The van der Waals surface area contributed by atoms with Crippen LogP contribution in [0.2, 0.25) is 0 Å². The highest BCUT2D eigenvalue weighted by atomic mass is 15.0. The molecule has 1 heterocycles. The highest BCUT2D eigenvalue weighted by Gasteiger charge is 2.12. The van der Waals surface area contributed by atoms with E-state index < -0.39 is 0 Å². The number of benzene rings is 4. The van der Waals surface area contributed by atoms with E-state index in [1.165, 1.54) is 38.5 Å². The quantitative estimate of drug-likeness (QED) is 0.352. The second-order valence-corrected chi connectivity index (χ2v) is 6.29. The van der Waals surface area contributed by atoms with Crippen molar-refractivity contribution in [1.82, 2.24) is 4.57 Å². The predicted octanol–water partition coefficient (Wildman–Crippen LogP) is 6.45. The van der Waals surface area contributed by atoms with Gasteiger partial charge in [0.1, 0.15) is 0 Å². The number of aromatic nitrogens is 1. The van der Waals surface area contributed by atoms with Crippen LogP contribution in [0.15, 0.2) is 103 Å². The van der Waals surface area contributed by atoms with E-state index >= 15 is 0 Å². The minimum absolute atomic E-state index is 1.19. The first-order valence-corrected chi connectivity index (χ1v) is 8.55. The molecule has 0 saturated carbocycles. The van der Waals surface area contributed by atoms with E-state index in [0.717, 1.165) is 0 Å². The van der Waals surface area contributed by atoms with Gasteiger partial charge in [0.2, 0.25) is 0 Å². The topological polar surface area (TPSA) is 4.93 Å². The standard InChI is InChI=1S/C24H17N/c1-2-11-19(12-3-1)25-17-23(22-14-6-7-16-24(22)25)21-15-8-10-18-9-4-5-13-20(18)21/h1-17H. The van der Waals surface area contributed by atoms with Gasteiger partial charge in [0.15, 0.2) is 0 Å². The number of hydrogen-bond donors (Lipinski definition) is 0. The van der Waals surface area contributed by atoms with E-state index in [1.54, 1.807) is 0 Å². The smallest absolute Gasteiger partial charge is 0.0534 e. The van der Waals surface area contributed by atoms with Crippen molar-refractivity contribution in [3.63, 3.8) is 0 Å². The van der Waals surface area contributed by atoms with E-state index in [9.17, 15) is 0 Å². The average Bonchev–Trinajstić information content (AvgIpc) is 3.08. The van der Waals surface area contributed by atoms with Gasteiger partial charge in [-0.15, -0.1) is 0 Å². The molecule has 0 radical (unpaired) electrons. The molecule has 118 valence electrons. The zero-order valence-electron chi connectivity index (χ0n) is 13.8. The lowest BCUT2D eigenvalue weighted by Gasteiger charge is -2.05. The first kappa shape index (κ1) is 14.1. The maximum atomic E-state index is 2.28. The van der Waals surface area contributed by atoms with E-state index in [4.69, 9.17) is 0 Å². The van der Waals surface area contributed by atoms with Gasteiger partial charge in [0, 0.05) is 22.8 Å². The van der Waals surface area contributed by atoms with Gasteiger partial charge < -0.3 is 4.57 Å². The first-order valence-electron chi connectivity index (χ1n) is 8.55. The van der Waals surface area contributed by atoms with Crippen LogP contribution in [0.1, 0.15) is 0 Å². The largest absolute Gasteiger partial charge is 0.316 e. The Kier molecular flexibility index (Phi) is 3.17. The monoisotopic (exact) mass is 319 g/mol.